The van der Waals surface area contributed by atoms with Crippen LogP contribution in [0.3, 0.4) is 0 Å². The van der Waals surface area contributed by atoms with E-state index < -0.39 is 29.5 Å². The second kappa shape index (κ2) is 9.10. The molecule has 1 aromatic heterocycles. The normalized spacial score (nSPS) is 14.6. The lowest BCUT2D eigenvalue weighted by Crippen LogP contribution is -2.20. The molecule has 2 heterocycles. The number of aromatic nitrogens is 1. The molecular weight excluding hydrogens is 442 g/mol. The Hall–Kier alpha value is -3.23. The molecule has 0 bridgehead atoms. The third-order valence-corrected chi connectivity index (χ3v) is 5.53. The molecule has 6 nitrogen and oxygen atoms in total. The number of amides is 1. The molecule has 1 unspecified atom stereocenters. The number of hydrogen-bond donors (Lipinski definition) is 2. The number of benzene rings is 2. The third kappa shape index (κ3) is 3.87. The molecule has 1 aliphatic heterocycles. The van der Waals surface area contributed by atoms with Gasteiger partial charge >= 0.3 is 0 Å². The molecule has 1 amide bonds. The van der Waals surface area contributed by atoms with Crippen LogP contribution in [0.5, 0.6) is 11.6 Å². The van der Waals surface area contributed by atoms with Crippen molar-refractivity contribution in [2.75, 3.05) is 20.3 Å². The SMILES string of the molecule is CNC(=O)c1cnc(OCCO)c(F)c1-c1c(Cl)c(F)cc2c1CC(c1ccccc1)O2. The van der Waals surface area contributed by atoms with Crippen molar-refractivity contribution in [1.29, 1.82) is 0 Å². The first kappa shape index (κ1) is 22.0. The third-order valence-electron chi connectivity index (χ3n) is 5.16. The van der Waals surface area contributed by atoms with Gasteiger partial charge in [0.2, 0.25) is 0 Å². The largest absolute Gasteiger partial charge is 0.485 e. The molecule has 0 saturated heterocycles. The lowest BCUT2D eigenvalue weighted by molar-refractivity contribution is 0.0962. The van der Waals surface area contributed by atoms with Gasteiger partial charge in [-0.2, -0.15) is 0 Å². The number of nitrogens with zero attached hydrogens (tertiary/aromatic N) is 1. The van der Waals surface area contributed by atoms with Crippen molar-refractivity contribution < 1.29 is 28.2 Å². The van der Waals surface area contributed by atoms with Gasteiger partial charge in [0.25, 0.3) is 11.8 Å². The Morgan fingerprint density at radius 3 is 2.75 bits per heavy atom. The van der Waals surface area contributed by atoms with Crippen LogP contribution in [0.25, 0.3) is 11.1 Å². The van der Waals surface area contributed by atoms with E-state index in [1.165, 1.54) is 7.05 Å². The van der Waals surface area contributed by atoms with E-state index >= 15 is 4.39 Å². The summed E-state index contributed by atoms with van der Waals surface area (Å²) < 4.78 is 41.5. The molecule has 0 saturated carbocycles. The number of fused-ring (bicyclic) bond motifs is 1. The van der Waals surface area contributed by atoms with Gasteiger partial charge in [-0.1, -0.05) is 41.9 Å². The Labute approximate surface area is 187 Å². The molecule has 1 aliphatic rings. The minimum atomic E-state index is -0.989. The van der Waals surface area contributed by atoms with E-state index in [4.69, 9.17) is 26.2 Å². The molecule has 1 atom stereocenters. The molecule has 0 spiro atoms. The fourth-order valence-corrected chi connectivity index (χ4v) is 3.97. The van der Waals surface area contributed by atoms with E-state index in [0.717, 1.165) is 17.8 Å². The molecule has 2 aromatic carbocycles. The average molecular weight is 461 g/mol. The van der Waals surface area contributed by atoms with Crippen LogP contribution < -0.4 is 14.8 Å². The zero-order chi connectivity index (χ0) is 22.8. The molecule has 0 aliphatic carbocycles. The number of aliphatic hydroxyl groups is 1. The van der Waals surface area contributed by atoms with Gasteiger partial charge in [0.15, 0.2) is 5.82 Å². The molecule has 4 rings (SSSR count). The zero-order valence-electron chi connectivity index (χ0n) is 17.0. The topological polar surface area (TPSA) is 80.7 Å². The Balaban J connectivity index is 1.92. The summed E-state index contributed by atoms with van der Waals surface area (Å²) in [5, 5.41) is 11.1. The van der Waals surface area contributed by atoms with Crippen molar-refractivity contribution in [1.82, 2.24) is 10.3 Å². The van der Waals surface area contributed by atoms with E-state index in [2.05, 4.69) is 10.3 Å². The number of halogens is 3. The Bertz CT molecular complexity index is 1170. The van der Waals surface area contributed by atoms with E-state index in [0.29, 0.717) is 5.56 Å². The number of hydrogen-bond acceptors (Lipinski definition) is 5. The van der Waals surface area contributed by atoms with Gasteiger partial charge < -0.3 is 19.9 Å². The minimum Gasteiger partial charge on any atom is -0.485 e. The van der Waals surface area contributed by atoms with Gasteiger partial charge in [-0.15, -0.1) is 0 Å². The van der Waals surface area contributed by atoms with Crippen LogP contribution in [0.1, 0.15) is 27.6 Å². The van der Waals surface area contributed by atoms with E-state index in [9.17, 15) is 9.18 Å². The van der Waals surface area contributed by atoms with Gasteiger partial charge in [-0.05, 0) is 5.56 Å². The monoisotopic (exact) mass is 460 g/mol. The maximum absolute atomic E-state index is 15.6. The Morgan fingerprint density at radius 1 is 1.31 bits per heavy atom. The van der Waals surface area contributed by atoms with Crippen LogP contribution >= 0.6 is 11.6 Å². The number of carbonyl (C=O) groups excluding carboxylic acids is 1. The number of pyridine rings is 1. The zero-order valence-corrected chi connectivity index (χ0v) is 17.7. The van der Waals surface area contributed by atoms with E-state index in [1.54, 1.807) is 0 Å². The molecular formula is C23H19ClF2N2O4. The Kier molecular flexibility index (Phi) is 6.25. The maximum atomic E-state index is 15.6. The predicted octanol–water partition coefficient (Wildman–Crippen LogP) is 4.09. The number of ether oxygens (including phenoxy) is 2. The lowest BCUT2D eigenvalue weighted by Gasteiger charge is -2.16. The molecule has 9 heteroatoms. The number of carbonyl (C=O) groups is 1. The van der Waals surface area contributed by atoms with Gasteiger partial charge in [0.1, 0.15) is 24.3 Å². The van der Waals surface area contributed by atoms with Crippen LogP contribution in [-0.4, -0.2) is 36.3 Å². The van der Waals surface area contributed by atoms with Crippen molar-refractivity contribution in [2.24, 2.45) is 0 Å². The minimum absolute atomic E-state index is 0.00689. The number of nitrogens with one attached hydrogen (secondary N) is 1. The van der Waals surface area contributed by atoms with Crippen LogP contribution in [0.4, 0.5) is 8.78 Å². The number of aliphatic hydroxyl groups excluding tert-OH is 1. The highest BCUT2D eigenvalue weighted by Crippen LogP contribution is 2.48. The fourth-order valence-electron chi connectivity index (χ4n) is 3.71. The summed E-state index contributed by atoms with van der Waals surface area (Å²) in [5.74, 6) is -2.65. The van der Waals surface area contributed by atoms with Crippen molar-refractivity contribution >= 4 is 17.5 Å². The van der Waals surface area contributed by atoms with Gasteiger partial charge in [0.05, 0.1) is 17.2 Å². The van der Waals surface area contributed by atoms with Crippen molar-refractivity contribution in [3.05, 3.63) is 75.9 Å². The Morgan fingerprint density at radius 2 is 2.06 bits per heavy atom. The first-order valence-corrected chi connectivity index (χ1v) is 10.2. The smallest absolute Gasteiger partial charge is 0.253 e. The highest BCUT2D eigenvalue weighted by atomic mass is 35.5. The summed E-state index contributed by atoms with van der Waals surface area (Å²) >= 11 is 6.32. The quantitative estimate of drug-likeness (QED) is 0.579. The molecule has 166 valence electrons. The average Bonchev–Trinajstić information content (AvgIpc) is 3.23. The molecule has 2 N–H and O–H groups in total. The summed E-state index contributed by atoms with van der Waals surface area (Å²) in [7, 11) is 1.38. The molecule has 32 heavy (non-hydrogen) atoms. The van der Waals surface area contributed by atoms with Crippen LogP contribution in [0, 0.1) is 11.6 Å². The highest BCUT2D eigenvalue weighted by molar-refractivity contribution is 6.34. The lowest BCUT2D eigenvalue weighted by atomic mass is 9.92. The van der Waals surface area contributed by atoms with Gasteiger partial charge in [-0.3, -0.25) is 4.79 Å². The molecule has 0 fully saturated rings. The highest BCUT2D eigenvalue weighted by Gasteiger charge is 2.34. The maximum Gasteiger partial charge on any atom is 0.253 e. The van der Waals surface area contributed by atoms with E-state index in [1.807, 2.05) is 30.3 Å². The summed E-state index contributed by atoms with van der Waals surface area (Å²) in [5.41, 5.74) is 0.950. The summed E-state index contributed by atoms with van der Waals surface area (Å²) in [6, 6.07) is 10.5. The number of rotatable bonds is 6. The van der Waals surface area contributed by atoms with Crippen molar-refractivity contribution in [3.8, 4) is 22.8 Å². The van der Waals surface area contributed by atoms with Crippen LogP contribution in [0.15, 0.2) is 42.6 Å². The second-order valence-corrected chi connectivity index (χ2v) is 7.44. The summed E-state index contributed by atoms with van der Waals surface area (Å²) in [6.45, 7) is -0.576. The summed E-state index contributed by atoms with van der Waals surface area (Å²) in [6.07, 6.45) is 0.986. The van der Waals surface area contributed by atoms with Gasteiger partial charge in [-0.25, -0.2) is 13.8 Å². The van der Waals surface area contributed by atoms with Crippen LogP contribution in [-0.2, 0) is 6.42 Å². The predicted molar refractivity (Wildman–Crippen MR) is 114 cm³/mol. The van der Waals surface area contributed by atoms with Crippen LogP contribution in [0.2, 0.25) is 5.02 Å². The van der Waals surface area contributed by atoms with Crippen molar-refractivity contribution in [2.45, 2.75) is 12.5 Å². The first-order chi connectivity index (χ1) is 15.5. The first-order valence-electron chi connectivity index (χ1n) is 9.83. The van der Waals surface area contributed by atoms with Gasteiger partial charge in [0, 0.05) is 42.4 Å². The fraction of sp³-hybridized carbons (Fsp3) is 0.217. The summed E-state index contributed by atoms with van der Waals surface area (Å²) in [4.78, 5) is 16.3. The molecule has 3 aromatic rings. The van der Waals surface area contributed by atoms with Crippen molar-refractivity contribution in [3.63, 3.8) is 0 Å². The van der Waals surface area contributed by atoms with E-state index in [-0.39, 0.29) is 47.1 Å². The molecule has 0 radical (unpaired) electrons. The standard InChI is InChI=1S/C23H19ClF2N2O4/c1-27-22(30)14-11-28-23(31-8-7-29)21(26)19(14)18-13-9-16(12-5-3-2-4-6-12)32-17(13)10-15(25)20(18)24/h2-6,10-11,16,29H,7-9H2,1H3,(H,27,30). The second-order valence-electron chi connectivity index (χ2n) is 7.06.